The summed E-state index contributed by atoms with van der Waals surface area (Å²) in [4.78, 5) is 10.9. The Bertz CT molecular complexity index is 482. The van der Waals surface area contributed by atoms with Crippen LogP contribution in [0.1, 0.15) is 12.5 Å². The summed E-state index contributed by atoms with van der Waals surface area (Å²) < 4.78 is 0. The van der Waals surface area contributed by atoms with Gasteiger partial charge in [-0.15, -0.1) is 6.58 Å². The van der Waals surface area contributed by atoms with Crippen molar-refractivity contribution >= 4 is 35.1 Å². The number of benzene rings is 1. The van der Waals surface area contributed by atoms with E-state index in [4.69, 9.17) is 12.2 Å². The number of anilines is 1. The Hall–Kier alpha value is -2.21. The smallest absolute Gasteiger partial charge is 0.221 e. The molecule has 19 heavy (non-hydrogen) atoms. The van der Waals surface area contributed by atoms with E-state index in [-0.39, 0.29) is 5.91 Å². The van der Waals surface area contributed by atoms with E-state index in [9.17, 15) is 4.79 Å². The fourth-order valence-electron chi connectivity index (χ4n) is 1.23. The van der Waals surface area contributed by atoms with Gasteiger partial charge in [-0.25, -0.2) is 0 Å². The average molecular weight is 276 g/mol. The lowest BCUT2D eigenvalue weighted by atomic mass is 10.2. The molecular formula is C13H16N4OS. The summed E-state index contributed by atoms with van der Waals surface area (Å²) in [5, 5.41) is 10.0. The van der Waals surface area contributed by atoms with Crippen molar-refractivity contribution in [3.05, 3.63) is 42.5 Å². The number of nitrogens with one attached hydrogen (secondary N) is 3. The van der Waals surface area contributed by atoms with Gasteiger partial charge in [0.05, 0.1) is 6.21 Å². The third-order valence-corrected chi connectivity index (χ3v) is 2.25. The number of carbonyl (C=O) groups is 1. The van der Waals surface area contributed by atoms with E-state index < -0.39 is 0 Å². The molecule has 5 nitrogen and oxygen atoms in total. The lowest BCUT2D eigenvalue weighted by Gasteiger charge is -2.03. The van der Waals surface area contributed by atoms with Crippen LogP contribution in [0.5, 0.6) is 0 Å². The second-order valence-corrected chi connectivity index (χ2v) is 4.08. The normalized spacial score (nSPS) is 9.95. The first-order valence-corrected chi connectivity index (χ1v) is 6.08. The van der Waals surface area contributed by atoms with Crippen LogP contribution in [-0.4, -0.2) is 23.8 Å². The lowest BCUT2D eigenvalue weighted by Crippen LogP contribution is -2.31. The van der Waals surface area contributed by atoms with E-state index in [0.29, 0.717) is 11.7 Å². The highest BCUT2D eigenvalue weighted by molar-refractivity contribution is 7.80. The number of hydrogen-bond donors (Lipinski definition) is 3. The summed E-state index contributed by atoms with van der Waals surface area (Å²) in [6, 6.07) is 7.29. The fraction of sp³-hybridized carbons (Fsp3) is 0.154. The van der Waals surface area contributed by atoms with E-state index in [1.54, 1.807) is 24.4 Å². The zero-order valence-electron chi connectivity index (χ0n) is 10.6. The van der Waals surface area contributed by atoms with E-state index in [1.165, 1.54) is 6.92 Å². The van der Waals surface area contributed by atoms with E-state index in [0.717, 1.165) is 11.3 Å². The van der Waals surface area contributed by atoms with Gasteiger partial charge in [-0.05, 0) is 29.9 Å². The van der Waals surface area contributed by atoms with Crippen LogP contribution in [0.4, 0.5) is 5.69 Å². The molecule has 0 aliphatic heterocycles. The summed E-state index contributed by atoms with van der Waals surface area (Å²) >= 11 is 4.97. The highest BCUT2D eigenvalue weighted by Crippen LogP contribution is 2.07. The predicted molar refractivity (Wildman–Crippen MR) is 82.3 cm³/mol. The predicted octanol–water partition coefficient (Wildman–Crippen LogP) is 1.63. The largest absolute Gasteiger partial charge is 0.358 e. The molecule has 1 rings (SSSR count). The quantitative estimate of drug-likeness (QED) is 0.331. The summed E-state index contributed by atoms with van der Waals surface area (Å²) in [7, 11) is 0. The molecule has 0 unspecified atom stereocenters. The van der Waals surface area contributed by atoms with Gasteiger partial charge < -0.3 is 10.6 Å². The molecule has 1 amide bonds. The fourth-order valence-corrected chi connectivity index (χ4v) is 1.36. The van der Waals surface area contributed by atoms with Crippen molar-refractivity contribution in [3.63, 3.8) is 0 Å². The van der Waals surface area contributed by atoms with Gasteiger partial charge in [0.25, 0.3) is 0 Å². The molecule has 0 aliphatic carbocycles. The molecule has 0 saturated carbocycles. The Balaban J connectivity index is 2.46. The number of carbonyl (C=O) groups excluding carboxylic acids is 1. The molecule has 100 valence electrons. The highest BCUT2D eigenvalue weighted by atomic mass is 32.1. The Labute approximate surface area is 117 Å². The molecule has 0 heterocycles. The van der Waals surface area contributed by atoms with Gasteiger partial charge in [-0.3, -0.25) is 10.2 Å². The standard InChI is InChI=1S/C13H16N4OS/c1-3-8-14-13(19)17-15-9-11-4-6-12(7-5-11)16-10(2)18/h3-7,9H,1,8H2,2H3,(H,16,18)(H2,14,17,19)/b15-9-. The molecule has 0 radical (unpaired) electrons. The van der Waals surface area contributed by atoms with Gasteiger partial charge in [0.2, 0.25) is 5.91 Å². The van der Waals surface area contributed by atoms with Gasteiger partial charge in [-0.2, -0.15) is 5.10 Å². The minimum Gasteiger partial charge on any atom is -0.358 e. The molecular weight excluding hydrogens is 260 g/mol. The van der Waals surface area contributed by atoms with Crippen LogP contribution in [0.25, 0.3) is 0 Å². The lowest BCUT2D eigenvalue weighted by molar-refractivity contribution is -0.114. The number of thiocarbonyl (C=S) groups is 1. The number of nitrogens with zero attached hydrogens (tertiary/aromatic N) is 1. The summed E-state index contributed by atoms with van der Waals surface area (Å²) in [5.74, 6) is -0.0956. The number of rotatable bonds is 5. The van der Waals surface area contributed by atoms with Gasteiger partial charge in [0.1, 0.15) is 0 Å². The minimum atomic E-state index is -0.0956. The van der Waals surface area contributed by atoms with E-state index >= 15 is 0 Å². The van der Waals surface area contributed by atoms with E-state index in [2.05, 4.69) is 27.7 Å². The van der Waals surface area contributed by atoms with Crippen LogP contribution in [0.2, 0.25) is 0 Å². The zero-order chi connectivity index (χ0) is 14.1. The third-order valence-electron chi connectivity index (χ3n) is 2.02. The van der Waals surface area contributed by atoms with Crippen LogP contribution >= 0.6 is 12.2 Å². The summed E-state index contributed by atoms with van der Waals surface area (Å²) in [5.41, 5.74) is 4.33. The SMILES string of the molecule is C=CCNC(=S)N/N=C\c1ccc(NC(C)=O)cc1. The molecule has 0 spiro atoms. The van der Waals surface area contributed by atoms with Crippen molar-refractivity contribution in [1.82, 2.24) is 10.7 Å². The highest BCUT2D eigenvalue weighted by Gasteiger charge is 1.95. The van der Waals surface area contributed by atoms with Crippen molar-refractivity contribution in [2.75, 3.05) is 11.9 Å². The monoisotopic (exact) mass is 276 g/mol. The topological polar surface area (TPSA) is 65.5 Å². The molecule has 3 N–H and O–H groups in total. The number of amides is 1. The number of hydrazone groups is 1. The van der Waals surface area contributed by atoms with Crippen LogP contribution < -0.4 is 16.1 Å². The van der Waals surface area contributed by atoms with Crippen LogP contribution in [0.3, 0.4) is 0 Å². The Morgan fingerprint density at radius 3 is 2.68 bits per heavy atom. The van der Waals surface area contributed by atoms with Crippen LogP contribution in [-0.2, 0) is 4.79 Å². The first-order chi connectivity index (χ1) is 9.11. The van der Waals surface area contributed by atoms with Crippen molar-refractivity contribution in [1.29, 1.82) is 0 Å². The van der Waals surface area contributed by atoms with E-state index in [1.807, 2.05) is 12.1 Å². The van der Waals surface area contributed by atoms with Gasteiger partial charge in [0.15, 0.2) is 5.11 Å². The van der Waals surface area contributed by atoms with Gasteiger partial charge in [-0.1, -0.05) is 18.2 Å². The van der Waals surface area contributed by atoms with Crippen LogP contribution in [0, 0.1) is 0 Å². The molecule has 0 saturated heterocycles. The first kappa shape index (κ1) is 14.8. The molecule has 0 fully saturated rings. The molecule has 0 aliphatic rings. The van der Waals surface area contributed by atoms with Crippen molar-refractivity contribution in [3.8, 4) is 0 Å². The van der Waals surface area contributed by atoms with Gasteiger partial charge >= 0.3 is 0 Å². The molecule has 1 aromatic rings. The second kappa shape index (κ2) is 7.99. The Kier molecular flexibility index (Phi) is 6.25. The summed E-state index contributed by atoms with van der Waals surface area (Å²) in [6.07, 6.45) is 3.35. The maximum Gasteiger partial charge on any atom is 0.221 e. The Morgan fingerprint density at radius 1 is 1.42 bits per heavy atom. The average Bonchev–Trinajstić information content (AvgIpc) is 2.38. The third kappa shape index (κ3) is 6.32. The zero-order valence-corrected chi connectivity index (χ0v) is 11.5. The Morgan fingerprint density at radius 2 is 2.11 bits per heavy atom. The molecule has 0 aromatic heterocycles. The second-order valence-electron chi connectivity index (χ2n) is 3.67. The molecule has 0 atom stereocenters. The molecule has 0 bridgehead atoms. The summed E-state index contributed by atoms with van der Waals surface area (Å²) in [6.45, 7) is 5.63. The maximum absolute atomic E-state index is 10.9. The minimum absolute atomic E-state index is 0.0956. The van der Waals surface area contributed by atoms with Crippen molar-refractivity contribution in [2.24, 2.45) is 5.10 Å². The van der Waals surface area contributed by atoms with Crippen molar-refractivity contribution in [2.45, 2.75) is 6.92 Å². The van der Waals surface area contributed by atoms with Crippen molar-refractivity contribution < 1.29 is 4.79 Å². The van der Waals surface area contributed by atoms with Crippen LogP contribution in [0.15, 0.2) is 42.0 Å². The molecule has 6 heteroatoms. The first-order valence-electron chi connectivity index (χ1n) is 5.67. The molecule has 1 aromatic carbocycles. The van der Waals surface area contributed by atoms with Gasteiger partial charge in [0, 0.05) is 19.2 Å². The maximum atomic E-state index is 10.9. The number of hydrogen-bond acceptors (Lipinski definition) is 3.